The van der Waals surface area contributed by atoms with Gasteiger partial charge in [-0.1, -0.05) is 23.7 Å². The average molecular weight is 470 g/mol. The molecule has 7 heteroatoms. The molecule has 0 saturated carbocycles. The van der Waals surface area contributed by atoms with Crippen molar-refractivity contribution in [3.63, 3.8) is 0 Å². The second kappa shape index (κ2) is 13.8. The molecule has 0 bridgehead atoms. The lowest BCUT2D eigenvalue weighted by Gasteiger charge is -2.12. The van der Waals surface area contributed by atoms with Crippen LogP contribution < -0.4 is 15.4 Å². The highest BCUT2D eigenvalue weighted by Crippen LogP contribution is 2.22. The molecule has 1 aromatic rings. The largest absolute Gasteiger partial charge is 0.497 e. The van der Waals surface area contributed by atoms with Crippen LogP contribution in [-0.4, -0.2) is 44.7 Å². The molecule has 0 aliphatic carbocycles. The summed E-state index contributed by atoms with van der Waals surface area (Å²) in [4.78, 5) is 4.20. The highest BCUT2D eigenvalue weighted by molar-refractivity contribution is 14.0. The first-order chi connectivity index (χ1) is 10.7. The molecule has 130 valence electrons. The summed E-state index contributed by atoms with van der Waals surface area (Å²) in [5, 5.41) is 7.29. The highest BCUT2D eigenvalue weighted by atomic mass is 127. The van der Waals surface area contributed by atoms with Crippen LogP contribution in [0, 0.1) is 0 Å². The normalized spacial score (nSPS) is 10.7. The molecule has 0 aliphatic rings. The maximum atomic E-state index is 6.22. The molecule has 0 amide bonds. The third kappa shape index (κ3) is 9.32. The van der Waals surface area contributed by atoms with Gasteiger partial charge in [-0.05, 0) is 24.1 Å². The van der Waals surface area contributed by atoms with E-state index in [1.54, 1.807) is 14.2 Å². The summed E-state index contributed by atoms with van der Waals surface area (Å²) in [5.41, 5.74) is 1.09. The van der Waals surface area contributed by atoms with Crippen LogP contribution in [0.25, 0.3) is 0 Å². The van der Waals surface area contributed by atoms with Gasteiger partial charge in [-0.25, -0.2) is 0 Å². The predicted octanol–water partition coefficient (Wildman–Crippen LogP) is 3.59. The molecule has 0 radical (unpaired) electrons. The first-order valence-corrected chi connectivity index (χ1v) is 8.70. The number of hydrogen-bond donors (Lipinski definition) is 2. The molecule has 0 fully saturated rings. The number of halogens is 2. The van der Waals surface area contributed by atoms with Crippen molar-refractivity contribution in [1.82, 2.24) is 10.6 Å². The molecule has 4 nitrogen and oxygen atoms in total. The number of aliphatic imine (C=N–C) groups is 1. The van der Waals surface area contributed by atoms with E-state index in [-0.39, 0.29) is 24.0 Å². The maximum absolute atomic E-state index is 6.22. The Morgan fingerprint density at radius 2 is 2.13 bits per heavy atom. The van der Waals surface area contributed by atoms with Crippen LogP contribution in [0.2, 0.25) is 5.02 Å². The van der Waals surface area contributed by atoms with Gasteiger partial charge in [0, 0.05) is 36.7 Å². The number of benzene rings is 1. The summed E-state index contributed by atoms with van der Waals surface area (Å²) in [5.74, 6) is 3.58. The lowest BCUT2D eigenvalue weighted by atomic mass is 10.1. The van der Waals surface area contributed by atoms with E-state index in [0.717, 1.165) is 53.3 Å². The van der Waals surface area contributed by atoms with Gasteiger partial charge in [0.05, 0.1) is 7.11 Å². The second-order valence-corrected chi connectivity index (χ2v) is 6.05. The predicted molar refractivity (Wildman–Crippen MR) is 114 cm³/mol. The van der Waals surface area contributed by atoms with Crippen LogP contribution in [0.1, 0.15) is 5.56 Å². The van der Waals surface area contributed by atoms with Crippen molar-refractivity contribution in [2.75, 3.05) is 38.8 Å². The molecule has 0 heterocycles. The van der Waals surface area contributed by atoms with E-state index in [9.17, 15) is 0 Å². The maximum Gasteiger partial charge on any atom is 0.191 e. The Morgan fingerprint density at radius 3 is 2.74 bits per heavy atom. The molecule has 23 heavy (non-hydrogen) atoms. The van der Waals surface area contributed by atoms with Crippen molar-refractivity contribution in [2.24, 2.45) is 4.99 Å². The van der Waals surface area contributed by atoms with Crippen LogP contribution in [-0.2, 0) is 6.42 Å². The van der Waals surface area contributed by atoms with Crippen LogP contribution in [0.5, 0.6) is 5.75 Å². The molecule has 1 rings (SSSR count). The van der Waals surface area contributed by atoms with Gasteiger partial charge in [0.25, 0.3) is 0 Å². The van der Waals surface area contributed by atoms with Gasteiger partial charge in [0.1, 0.15) is 5.75 Å². The van der Waals surface area contributed by atoms with E-state index in [0.29, 0.717) is 0 Å². The molecular formula is C16H25ClIN3OS. The van der Waals surface area contributed by atoms with Crippen molar-refractivity contribution < 1.29 is 4.74 Å². The minimum atomic E-state index is 0. The fraction of sp³-hybridized carbons (Fsp3) is 0.438. The van der Waals surface area contributed by atoms with Crippen LogP contribution in [0.15, 0.2) is 35.8 Å². The number of ether oxygens (including phenoxy) is 1. The molecule has 0 saturated heterocycles. The lowest BCUT2D eigenvalue weighted by Crippen LogP contribution is -2.39. The first kappa shape index (κ1) is 22.4. The van der Waals surface area contributed by atoms with Gasteiger partial charge in [0.15, 0.2) is 5.96 Å². The third-order valence-corrected chi connectivity index (χ3v) is 4.26. The highest BCUT2D eigenvalue weighted by Gasteiger charge is 2.03. The van der Waals surface area contributed by atoms with Crippen LogP contribution >= 0.6 is 47.3 Å². The van der Waals surface area contributed by atoms with Crippen LogP contribution in [0.4, 0.5) is 0 Å². The van der Waals surface area contributed by atoms with E-state index in [1.807, 2.05) is 36.0 Å². The van der Waals surface area contributed by atoms with E-state index >= 15 is 0 Å². The first-order valence-electron chi connectivity index (χ1n) is 7.16. The monoisotopic (exact) mass is 469 g/mol. The van der Waals surface area contributed by atoms with E-state index < -0.39 is 0 Å². The summed E-state index contributed by atoms with van der Waals surface area (Å²) >= 11 is 8.06. The quantitative estimate of drug-likeness (QED) is 0.191. The Bertz CT molecular complexity index is 500. The average Bonchev–Trinajstić information content (AvgIpc) is 2.54. The third-order valence-electron chi connectivity index (χ3n) is 2.95. The van der Waals surface area contributed by atoms with Crippen molar-refractivity contribution in [3.8, 4) is 5.75 Å². The van der Waals surface area contributed by atoms with Gasteiger partial charge in [-0.2, -0.15) is 11.8 Å². The SMILES string of the molecule is C=CCSCCNC(=NC)NCCc1ccc(OC)cc1Cl.I. The minimum Gasteiger partial charge on any atom is -0.497 e. The van der Waals surface area contributed by atoms with Crippen molar-refractivity contribution >= 4 is 53.3 Å². The number of nitrogens with one attached hydrogen (secondary N) is 2. The van der Waals surface area contributed by atoms with Crippen molar-refractivity contribution in [1.29, 1.82) is 0 Å². The molecular weight excluding hydrogens is 445 g/mol. The molecule has 0 spiro atoms. The lowest BCUT2D eigenvalue weighted by molar-refractivity contribution is 0.414. The molecule has 0 aliphatic heterocycles. The minimum absolute atomic E-state index is 0. The number of methoxy groups -OCH3 is 1. The second-order valence-electron chi connectivity index (χ2n) is 4.50. The van der Waals surface area contributed by atoms with Crippen LogP contribution in [0.3, 0.4) is 0 Å². The summed E-state index contributed by atoms with van der Waals surface area (Å²) < 4.78 is 5.15. The van der Waals surface area contributed by atoms with Gasteiger partial charge in [-0.15, -0.1) is 30.6 Å². The Kier molecular flexibility index (Phi) is 13.4. The van der Waals surface area contributed by atoms with Gasteiger partial charge >= 0.3 is 0 Å². The van der Waals surface area contributed by atoms with Gasteiger partial charge in [-0.3, -0.25) is 4.99 Å². The van der Waals surface area contributed by atoms with E-state index in [1.165, 1.54) is 0 Å². The van der Waals surface area contributed by atoms with Crippen molar-refractivity contribution in [3.05, 3.63) is 41.4 Å². The molecule has 0 atom stereocenters. The number of rotatable bonds is 9. The molecule has 0 unspecified atom stereocenters. The Hall–Kier alpha value is -0.600. The fourth-order valence-corrected chi connectivity index (χ4v) is 2.65. The number of guanidine groups is 1. The summed E-state index contributed by atoms with van der Waals surface area (Å²) in [7, 11) is 3.41. The summed E-state index contributed by atoms with van der Waals surface area (Å²) in [6.07, 6.45) is 2.74. The van der Waals surface area contributed by atoms with Gasteiger partial charge < -0.3 is 15.4 Å². The zero-order chi connectivity index (χ0) is 16.2. The summed E-state index contributed by atoms with van der Waals surface area (Å²) in [6, 6.07) is 5.75. The standard InChI is InChI=1S/C16H24ClN3OS.HI/c1-4-10-22-11-9-20-16(18-2)19-8-7-13-5-6-14(21-3)12-15(13)17;/h4-6,12H,1,7-11H2,2-3H3,(H2,18,19,20);1H. The number of hydrogen-bond acceptors (Lipinski definition) is 3. The topological polar surface area (TPSA) is 45.7 Å². The molecule has 0 aromatic heterocycles. The zero-order valence-electron chi connectivity index (χ0n) is 13.6. The Balaban J connectivity index is 0.00000484. The van der Waals surface area contributed by atoms with E-state index in [2.05, 4.69) is 22.2 Å². The molecule has 2 N–H and O–H groups in total. The molecule has 1 aromatic carbocycles. The zero-order valence-corrected chi connectivity index (χ0v) is 17.5. The van der Waals surface area contributed by atoms with E-state index in [4.69, 9.17) is 16.3 Å². The number of nitrogens with zero attached hydrogens (tertiary/aromatic N) is 1. The van der Waals surface area contributed by atoms with Crippen molar-refractivity contribution in [2.45, 2.75) is 6.42 Å². The summed E-state index contributed by atoms with van der Waals surface area (Å²) in [6.45, 7) is 5.35. The smallest absolute Gasteiger partial charge is 0.191 e. The Morgan fingerprint density at radius 1 is 1.39 bits per heavy atom. The number of thioether (sulfide) groups is 1. The van der Waals surface area contributed by atoms with Gasteiger partial charge in [0.2, 0.25) is 0 Å². The Labute approximate surface area is 165 Å². The fourth-order valence-electron chi connectivity index (χ4n) is 1.80.